The van der Waals surface area contributed by atoms with Crippen molar-refractivity contribution in [1.82, 2.24) is 9.97 Å². The van der Waals surface area contributed by atoms with E-state index in [9.17, 15) is 4.79 Å². The molecule has 5 nitrogen and oxygen atoms in total. The standard InChI is InChI=1S/C23H20ClN3O2S/c1-2-29-18-9-10-20-21(13-18)30-23(26-20)27(15-16-6-5-11-25-14-16)22(28)12-17-7-3-4-8-19(17)24/h3-11,13-14H,2,12,15H2,1H3. The average Bonchev–Trinajstić information content (AvgIpc) is 3.17. The molecule has 30 heavy (non-hydrogen) atoms. The number of carbonyl (C=O) groups excluding carboxylic acids is 1. The van der Waals surface area contributed by atoms with Gasteiger partial charge in [0.2, 0.25) is 5.91 Å². The molecule has 0 N–H and O–H groups in total. The Hall–Kier alpha value is -2.96. The van der Waals surface area contributed by atoms with E-state index in [-0.39, 0.29) is 12.3 Å². The molecule has 1 amide bonds. The van der Waals surface area contributed by atoms with Crippen molar-refractivity contribution in [2.45, 2.75) is 19.9 Å². The van der Waals surface area contributed by atoms with Crippen molar-refractivity contribution < 1.29 is 9.53 Å². The number of hydrogen-bond acceptors (Lipinski definition) is 5. The van der Waals surface area contributed by atoms with E-state index in [1.165, 1.54) is 11.3 Å². The number of carbonyl (C=O) groups is 1. The molecule has 7 heteroatoms. The van der Waals surface area contributed by atoms with Crippen molar-refractivity contribution in [2.24, 2.45) is 0 Å². The lowest BCUT2D eigenvalue weighted by Gasteiger charge is -2.20. The van der Waals surface area contributed by atoms with Crippen molar-refractivity contribution in [3.63, 3.8) is 0 Å². The van der Waals surface area contributed by atoms with Gasteiger partial charge in [0.25, 0.3) is 0 Å². The van der Waals surface area contributed by atoms with Crippen LogP contribution in [0, 0.1) is 0 Å². The highest BCUT2D eigenvalue weighted by Gasteiger charge is 2.21. The minimum Gasteiger partial charge on any atom is -0.494 e. The molecule has 0 bridgehead atoms. The normalized spacial score (nSPS) is 10.9. The Morgan fingerprint density at radius 3 is 2.80 bits per heavy atom. The van der Waals surface area contributed by atoms with Crippen LogP contribution in [-0.4, -0.2) is 22.5 Å². The number of rotatable bonds is 7. The van der Waals surface area contributed by atoms with Gasteiger partial charge >= 0.3 is 0 Å². The fraction of sp³-hybridized carbons (Fsp3) is 0.174. The summed E-state index contributed by atoms with van der Waals surface area (Å²) >= 11 is 7.75. The number of fused-ring (bicyclic) bond motifs is 1. The number of ether oxygens (including phenoxy) is 1. The molecule has 0 aliphatic carbocycles. The first-order valence-electron chi connectivity index (χ1n) is 9.60. The predicted octanol–water partition coefficient (Wildman–Crippen LogP) is 5.52. The van der Waals surface area contributed by atoms with Gasteiger partial charge in [0, 0.05) is 17.4 Å². The smallest absolute Gasteiger partial charge is 0.233 e. The Kier molecular flexibility index (Phi) is 6.26. The Morgan fingerprint density at radius 2 is 2.03 bits per heavy atom. The number of anilines is 1. The molecular weight excluding hydrogens is 418 g/mol. The third kappa shape index (κ3) is 4.61. The summed E-state index contributed by atoms with van der Waals surface area (Å²) in [7, 11) is 0. The van der Waals surface area contributed by atoms with Crippen molar-refractivity contribution in [3.05, 3.63) is 83.1 Å². The highest BCUT2D eigenvalue weighted by Crippen LogP contribution is 2.33. The molecule has 0 spiro atoms. The fourth-order valence-corrected chi connectivity index (χ4v) is 4.31. The molecule has 0 saturated carbocycles. The summed E-state index contributed by atoms with van der Waals surface area (Å²) in [5, 5.41) is 1.22. The lowest BCUT2D eigenvalue weighted by Crippen LogP contribution is -2.31. The number of hydrogen-bond donors (Lipinski definition) is 0. The largest absolute Gasteiger partial charge is 0.494 e. The number of thiazole rings is 1. The van der Waals surface area contributed by atoms with Crippen LogP contribution in [0.15, 0.2) is 67.0 Å². The molecule has 0 unspecified atom stereocenters. The quantitative estimate of drug-likeness (QED) is 0.382. The van der Waals surface area contributed by atoms with Crippen LogP contribution in [0.1, 0.15) is 18.1 Å². The van der Waals surface area contributed by atoms with E-state index in [1.807, 2.05) is 55.5 Å². The molecule has 4 rings (SSSR count). The average molecular weight is 438 g/mol. The minimum absolute atomic E-state index is 0.0731. The first-order valence-corrected chi connectivity index (χ1v) is 10.8. The first-order chi connectivity index (χ1) is 14.6. The van der Waals surface area contributed by atoms with Gasteiger partial charge in [-0.15, -0.1) is 0 Å². The second-order valence-corrected chi connectivity index (χ2v) is 8.08. The van der Waals surface area contributed by atoms with Gasteiger partial charge in [-0.2, -0.15) is 0 Å². The summed E-state index contributed by atoms with van der Waals surface area (Å²) in [6.45, 7) is 2.93. The second kappa shape index (κ2) is 9.24. The first kappa shape index (κ1) is 20.3. The van der Waals surface area contributed by atoms with E-state index in [0.717, 1.165) is 27.1 Å². The van der Waals surface area contributed by atoms with Gasteiger partial charge < -0.3 is 4.74 Å². The van der Waals surface area contributed by atoms with E-state index in [1.54, 1.807) is 23.4 Å². The van der Waals surface area contributed by atoms with E-state index in [2.05, 4.69) is 4.98 Å². The Balaban J connectivity index is 1.68. The molecule has 0 aliphatic rings. The lowest BCUT2D eigenvalue weighted by molar-refractivity contribution is -0.118. The molecule has 0 saturated heterocycles. The number of aromatic nitrogens is 2. The van der Waals surface area contributed by atoms with Gasteiger partial charge in [0.05, 0.1) is 29.8 Å². The number of nitrogens with zero attached hydrogens (tertiary/aromatic N) is 3. The summed E-state index contributed by atoms with van der Waals surface area (Å²) in [4.78, 5) is 23.9. The van der Waals surface area contributed by atoms with Crippen LogP contribution in [0.4, 0.5) is 5.13 Å². The summed E-state index contributed by atoms with van der Waals surface area (Å²) in [6.07, 6.45) is 3.67. The fourth-order valence-electron chi connectivity index (χ4n) is 3.10. The third-order valence-corrected chi connectivity index (χ3v) is 5.96. The Labute approximate surface area is 183 Å². The summed E-state index contributed by atoms with van der Waals surface area (Å²) < 4.78 is 6.56. The second-order valence-electron chi connectivity index (χ2n) is 6.67. The maximum Gasteiger partial charge on any atom is 0.233 e. The maximum absolute atomic E-state index is 13.3. The van der Waals surface area contributed by atoms with Gasteiger partial charge in [0.1, 0.15) is 5.75 Å². The van der Waals surface area contributed by atoms with Crippen molar-refractivity contribution in [3.8, 4) is 5.75 Å². The van der Waals surface area contributed by atoms with E-state index in [4.69, 9.17) is 21.3 Å². The van der Waals surface area contributed by atoms with Crippen molar-refractivity contribution in [1.29, 1.82) is 0 Å². The zero-order valence-electron chi connectivity index (χ0n) is 16.4. The molecule has 2 aromatic heterocycles. The molecular formula is C23H20ClN3O2S. The van der Waals surface area contributed by atoms with Gasteiger partial charge in [-0.05, 0) is 48.4 Å². The lowest BCUT2D eigenvalue weighted by atomic mass is 10.1. The third-order valence-electron chi connectivity index (χ3n) is 4.55. The molecule has 4 aromatic rings. The number of benzene rings is 2. The van der Waals surface area contributed by atoms with Crippen LogP contribution < -0.4 is 9.64 Å². The van der Waals surface area contributed by atoms with Crippen LogP contribution in [0.3, 0.4) is 0 Å². The van der Waals surface area contributed by atoms with Crippen LogP contribution in [-0.2, 0) is 17.8 Å². The molecule has 0 atom stereocenters. The van der Waals surface area contributed by atoms with Crippen LogP contribution >= 0.6 is 22.9 Å². The zero-order chi connectivity index (χ0) is 20.9. The van der Waals surface area contributed by atoms with Crippen molar-refractivity contribution >= 4 is 44.2 Å². The maximum atomic E-state index is 13.3. The summed E-state index contributed by atoms with van der Waals surface area (Å²) in [5.74, 6) is 0.720. The molecule has 152 valence electrons. The molecule has 0 fully saturated rings. The molecule has 2 heterocycles. The SMILES string of the molecule is CCOc1ccc2nc(N(Cc3cccnc3)C(=O)Cc3ccccc3Cl)sc2c1. The highest BCUT2D eigenvalue weighted by atomic mass is 35.5. The van der Waals surface area contributed by atoms with Crippen LogP contribution in [0.5, 0.6) is 5.75 Å². The topological polar surface area (TPSA) is 55.3 Å². The van der Waals surface area contributed by atoms with E-state index >= 15 is 0 Å². The van der Waals surface area contributed by atoms with Crippen LogP contribution in [0.2, 0.25) is 5.02 Å². The number of pyridine rings is 1. The van der Waals surface area contributed by atoms with Gasteiger partial charge in [-0.1, -0.05) is 47.2 Å². The molecule has 0 radical (unpaired) electrons. The molecule has 0 aliphatic heterocycles. The Bertz CT molecular complexity index is 1160. The van der Waals surface area contributed by atoms with Gasteiger partial charge in [0.15, 0.2) is 5.13 Å². The highest BCUT2D eigenvalue weighted by molar-refractivity contribution is 7.22. The van der Waals surface area contributed by atoms with Crippen molar-refractivity contribution in [2.75, 3.05) is 11.5 Å². The summed E-state index contributed by atoms with van der Waals surface area (Å²) in [5.41, 5.74) is 2.56. The van der Waals surface area contributed by atoms with Gasteiger partial charge in [-0.3, -0.25) is 14.7 Å². The number of halogens is 1. The number of amides is 1. The summed E-state index contributed by atoms with van der Waals surface area (Å²) in [6, 6.07) is 17.0. The Morgan fingerprint density at radius 1 is 1.17 bits per heavy atom. The van der Waals surface area contributed by atoms with E-state index < -0.39 is 0 Å². The molecule has 2 aromatic carbocycles. The minimum atomic E-state index is -0.0731. The van der Waals surface area contributed by atoms with Crippen LogP contribution in [0.25, 0.3) is 10.2 Å². The van der Waals surface area contributed by atoms with Gasteiger partial charge in [-0.25, -0.2) is 4.98 Å². The van der Waals surface area contributed by atoms with E-state index in [0.29, 0.717) is 23.3 Å². The predicted molar refractivity (Wildman–Crippen MR) is 121 cm³/mol. The monoisotopic (exact) mass is 437 g/mol. The zero-order valence-corrected chi connectivity index (χ0v) is 18.0.